The number of rotatable bonds is 2. The summed E-state index contributed by atoms with van der Waals surface area (Å²) in [5.41, 5.74) is 1.78. The van der Waals surface area contributed by atoms with E-state index in [2.05, 4.69) is 4.98 Å². The minimum absolute atomic E-state index is 0.104. The Morgan fingerprint density at radius 2 is 2.12 bits per heavy atom. The second kappa shape index (κ2) is 3.99. The highest BCUT2D eigenvalue weighted by molar-refractivity contribution is 5.93. The van der Waals surface area contributed by atoms with E-state index in [1.54, 1.807) is 6.92 Å². The molecule has 0 unspecified atom stereocenters. The van der Waals surface area contributed by atoms with Crippen LogP contribution in [0.2, 0.25) is 0 Å². The van der Waals surface area contributed by atoms with Crippen molar-refractivity contribution in [3.05, 3.63) is 35.9 Å². The smallest absolute Gasteiger partial charge is 0.176 e. The Morgan fingerprint density at radius 1 is 1.35 bits per heavy atom. The third-order valence-corrected chi connectivity index (χ3v) is 3.66. The van der Waals surface area contributed by atoms with Crippen LogP contribution >= 0.6 is 0 Å². The van der Waals surface area contributed by atoms with Crippen LogP contribution < -0.4 is 0 Å². The van der Waals surface area contributed by atoms with Gasteiger partial charge in [-0.3, -0.25) is 9.20 Å². The van der Waals surface area contributed by atoms with Gasteiger partial charge >= 0.3 is 0 Å². The van der Waals surface area contributed by atoms with Gasteiger partial charge in [-0.1, -0.05) is 18.9 Å². The van der Waals surface area contributed by atoms with Crippen LogP contribution in [0.5, 0.6) is 0 Å². The minimum atomic E-state index is 0.104. The Bertz CT molecular complexity index is 565. The lowest BCUT2D eigenvalue weighted by Crippen LogP contribution is -2.08. The lowest BCUT2D eigenvalue weighted by molar-refractivity contribution is 0.101. The molecule has 17 heavy (non-hydrogen) atoms. The largest absolute Gasteiger partial charge is 0.293 e. The Hall–Kier alpha value is -1.64. The Labute approximate surface area is 100 Å². The molecule has 2 aromatic heterocycles. The fourth-order valence-corrected chi connectivity index (χ4v) is 2.82. The zero-order valence-electron chi connectivity index (χ0n) is 10.0. The maximum Gasteiger partial charge on any atom is 0.176 e. The number of carbonyl (C=O) groups excluding carboxylic acids is 1. The van der Waals surface area contributed by atoms with Crippen LogP contribution in [0.15, 0.2) is 24.4 Å². The van der Waals surface area contributed by atoms with Crippen LogP contribution in [-0.4, -0.2) is 15.2 Å². The van der Waals surface area contributed by atoms with Gasteiger partial charge in [-0.2, -0.15) is 0 Å². The van der Waals surface area contributed by atoms with Crippen LogP contribution in [0.25, 0.3) is 5.52 Å². The van der Waals surface area contributed by atoms with Gasteiger partial charge in [0.2, 0.25) is 0 Å². The van der Waals surface area contributed by atoms with Crippen LogP contribution in [0.4, 0.5) is 0 Å². The lowest BCUT2D eigenvalue weighted by atomic mass is 10.1. The normalized spacial score (nSPS) is 16.8. The summed E-state index contributed by atoms with van der Waals surface area (Å²) in [5, 5.41) is 0. The van der Waals surface area contributed by atoms with E-state index in [4.69, 9.17) is 0 Å². The van der Waals surface area contributed by atoms with Gasteiger partial charge in [0.1, 0.15) is 5.82 Å². The molecule has 88 valence electrons. The summed E-state index contributed by atoms with van der Waals surface area (Å²) >= 11 is 0. The van der Waals surface area contributed by atoms with Crippen LogP contribution in [0.3, 0.4) is 0 Å². The first kappa shape index (κ1) is 10.5. The molecule has 0 saturated heterocycles. The fourth-order valence-electron chi connectivity index (χ4n) is 2.82. The highest BCUT2D eigenvalue weighted by Gasteiger charge is 2.22. The van der Waals surface area contributed by atoms with Gasteiger partial charge in [-0.15, -0.1) is 0 Å². The summed E-state index contributed by atoms with van der Waals surface area (Å²) in [6.07, 6.45) is 6.83. The van der Waals surface area contributed by atoms with Gasteiger partial charge in [0.05, 0.1) is 17.4 Å². The molecule has 2 aromatic rings. The van der Waals surface area contributed by atoms with Crippen molar-refractivity contribution in [2.24, 2.45) is 0 Å². The molecule has 0 aromatic carbocycles. The summed E-state index contributed by atoms with van der Waals surface area (Å²) in [6, 6.07) is 5.82. The molecule has 1 aliphatic carbocycles. The van der Waals surface area contributed by atoms with Crippen LogP contribution in [-0.2, 0) is 0 Å². The van der Waals surface area contributed by atoms with Crippen LogP contribution in [0, 0.1) is 0 Å². The SMILES string of the molecule is CC(=O)c1cccc2cnc(C3CCCC3)n12. The molecule has 3 heteroatoms. The number of hydrogen-bond donors (Lipinski definition) is 0. The molecule has 2 heterocycles. The zero-order valence-corrected chi connectivity index (χ0v) is 10.0. The molecule has 0 bridgehead atoms. The van der Waals surface area contributed by atoms with Gasteiger partial charge in [0.15, 0.2) is 5.78 Å². The molecule has 0 radical (unpaired) electrons. The van der Waals surface area contributed by atoms with E-state index in [-0.39, 0.29) is 5.78 Å². The predicted molar refractivity (Wildman–Crippen MR) is 66.4 cm³/mol. The molecule has 3 rings (SSSR count). The van der Waals surface area contributed by atoms with E-state index in [0.717, 1.165) is 17.0 Å². The van der Waals surface area contributed by atoms with E-state index in [0.29, 0.717) is 5.92 Å². The average molecular weight is 228 g/mol. The van der Waals surface area contributed by atoms with Gasteiger partial charge in [0.25, 0.3) is 0 Å². The van der Waals surface area contributed by atoms with Gasteiger partial charge in [0, 0.05) is 12.8 Å². The predicted octanol–water partition coefficient (Wildman–Crippen LogP) is 3.19. The quantitative estimate of drug-likeness (QED) is 0.740. The molecule has 0 atom stereocenters. The first-order valence-corrected chi connectivity index (χ1v) is 6.24. The molecular formula is C14H16N2O. The molecule has 1 saturated carbocycles. The fraction of sp³-hybridized carbons (Fsp3) is 0.429. The third-order valence-electron chi connectivity index (χ3n) is 3.66. The molecule has 0 amide bonds. The molecule has 0 N–H and O–H groups in total. The Balaban J connectivity index is 2.21. The van der Waals surface area contributed by atoms with E-state index in [1.807, 2.05) is 28.8 Å². The summed E-state index contributed by atoms with van der Waals surface area (Å²) in [5.74, 6) is 1.70. The number of aromatic nitrogens is 2. The van der Waals surface area contributed by atoms with Crippen molar-refractivity contribution in [3.63, 3.8) is 0 Å². The van der Waals surface area contributed by atoms with E-state index < -0.39 is 0 Å². The summed E-state index contributed by atoms with van der Waals surface area (Å²) in [6.45, 7) is 1.62. The topological polar surface area (TPSA) is 34.4 Å². The number of fused-ring (bicyclic) bond motifs is 1. The average Bonchev–Trinajstić information content (AvgIpc) is 2.96. The number of hydrogen-bond acceptors (Lipinski definition) is 2. The molecule has 0 spiro atoms. The first-order valence-electron chi connectivity index (χ1n) is 6.24. The number of nitrogens with zero attached hydrogens (tertiary/aromatic N) is 2. The van der Waals surface area contributed by atoms with Crippen molar-refractivity contribution in [3.8, 4) is 0 Å². The zero-order chi connectivity index (χ0) is 11.8. The van der Waals surface area contributed by atoms with Crippen molar-refractivity contribution in [2.75, 3.05) is 0 Å². The Kier molecular flexibility index (Phi) is 2.46. The maximum absolute atomic E-state index is 11.7. The van der Waals surface area contributed by atoms with Crippen LogP contribution in [0.1, 0.15) is 54.8 Å². The number of imidazole rings is 1. The highest BCUT2D eigenvalue weighted by atomic mass is 16.1. The summed E-state index contributed by atoms with van der Waals surface area (Å²) in [4.78, 5) is 16.2. The molecule has 1 aliphatic rings. The highest BCUT2D eigenvalue weighted by Crippen LogP contribution is 2.34. The van der Waals surface area contributed by atoms with Gasteiger partial charge in [-0.05, 0) is 25.0 Å². The number of Topliss-reactive ketones (excluding diaryl/α,β-unsaturated/α-hetero) is 1. The molecule has 1 fully saturated rings. The Morgan fingerprint density at radius 3 is 2.82 bits per heavy atom. The van der Waals surface area contributed by atoms with Crippen molar-refractivity contribution >= 4 is 11.3 Å². The van der Waals surface area contributed by atoms with E-state index in [9.17, 15) is 4.79 Å². The summed E-state index contributed by atoms with van der Waals surface area (Å²) in [7, 11) is 0. The lowest BCUT2D eigenvalue weighted by Gasteiger charge is -2.10. The van der Waals surface area contributed by atoms with E-state index >= 15 is 0 Å². The number of carbonyl (C=O) groups is 1. The molecule has 0 aliphatic heterocycles. The molecule has 3 nitrogen and oxygen atoms in total. The molecular weight excluding hydrogens is 212 g/mol. The van der Waals surface area contributed by atoms with Crippen molar-refractivity contribution in [1.29, 1.82) is 0 Å². The monoisotopic (exact) mass is 228 g/mol. The van der Waals surface area contributed by atoms with Crippen molar-refractivity contribution in [2.45, 2.75) is 38.5 Å². The van der Waals surface area contributed by atoms with Gasteiger partial charge in [-0.25, -0.2) is 4.98 Å². The third kappa shape index (κ3) is 1.66. The van der Waals surface area contributed by atoms with Crippen molar-refractivity contribution < 1.29 is 4.79 Å². The second-order valence-corrected chi connectivity index (χ2v) is 4.83. The standard InChI is InChI=1S/C14H16N2O/c1-10(17)13-8-4-7-12-9-15-14(16(12)13)11-5-2-3-6-11/h4,7-9,11H,2-3,5-6H2,1H3. The van der Waals surface area contributed by atoms with E-state index in [1.165, 1.54) is 25.7 Å². The maximum atomic E-state index is 11.7. The minimum Gasteiger partial charge on any atom is -0.293 e. The number of ketones is 1. The summed E-state index contributed by atoms with van der Waals surface area (Å²) < 4.78 is 2.04. The first-order chi connectivity index (χ1) is 8.27. The number of pyridine rings is 1. The van der Waals surface area contributed by atoms with Gasteiger partial charge < -0.3 is 0 Å². The van der Waals surface area contributed by atoms with Crippen molar-refractivity contribution in [1.82, 2.24) is 9.38 Å². The second-order valence-electron chi connectivity index (χ2n) is 4.83.